The van der Waals surface area contributed by atoms with E-state index < -0.39 is 6.10 Å². The van der Waals surface area contributed by atoms with E-state index in [0.29, 0.717) is 19.4 Å². The number of aliphatic hydroxyl groups excluding tert-OH is 1. The van der Waals surface area contributed by atoms with Gasteiger partial charge in [-0.25, -0.2) is 9.97 Å². The maximum absolute atomic E-state index is 12.8. The highest BCUT2D eigenvalue weighted by molar-refractivity contribution is 7.13. The fraction of sp³-hybridized carbons (Fsp3) is 0.435. The fourth-order valence-corrected chi connectivity index (χ4v) is 4.75. The van der Waals surface area contributed by atoms with Gasteiger partial charge in [0.2, 0.25) is 5.91 Å². The van der Waals surface area contributed by atoms with Crippen molar-refractivity contribution in [2.45, 2.75) is 52.7 Å². The molecule has 7 heteroatoms. The van der Waals surface area contributed by atoms with E-state index >= 15 is 0 Å². The summed E-state index contributed by atoms with van der Waals surface area (Å²) in [6.07, 6.45) is 2.24. The van der Waals surface area contributed by atoms with Crippen LogP contribution in [0.1, 0.15) is 51.2 Å². The molecule has 0 unspecified atom stereocenters. The lowest BCUT2D eigenvalue weighted by atomic mass is 9.91. The Morgan fingerprint density at radius 2 is 1.93 bits per heavy atom. The van der Waals surface area contributed by atoms with E-state index in [0.717, 1.165) is 28.3 Å². The van der Waals surface area contributed by atoms with Crippen molar-refractivity contribution in [1.82, 2.24) is 19.9 Å². The van der Waals surface area contributed by atoms with Gasteiger partial charge in [-0.15, -0.1) is 11.3 Å². The molecule has 2 atom stereocenters. The van der Waals surface area contributed by atoms with E-state index in [9.17, 15) is 9.90 Å². The lowest BCUT2D eigenvalue weighted by Gasteiger charge is -2.27. The van der Waals surface area contributed by atoms with Crippen LogP contribution in [0.25, 0.3) is 21.7 Å². The third kappa shape index (κ3) is 4.32. The number of H-pyrrole nitrogens is 1. The van der Waals surface area contributed by atoms with Gasteiger partial charge >= 0.3 is 0 Å². The van der Waals surface area contributed by atoms with Crippen LogP contribution in [0, 0.1) is 12.3 Å². The average molecular weight is 425 g/mol. The van der Waals surface area contributed by atoms with Crippen molar-refractivity contribution in [2.24, 2.45) is 5.41 Å². The lowest BCUT2D eigenvalue weighted by Crippen LogP contribution is -2.34. The molecule has 0 aliphatic carbocycles. The van der Waals surface area contributed by atoms with E-state index in [1.54, 1.807) is 22.4 Å². The molecular weight excluding hydrogens is 396 g/mol. The zero-order valence-corrected chi connectivity index (χ0v) is 18.7. The number of hydrogen-bond acceptors (Lipinski definition) is 5. The van der Waals surface area contributed by atoms with Gasteiger partial charge in [-0.1, -0.05) is 45.0 Å². The van der Waals surface area contributed by atoms with Gasteiger partial charge in [0, 0.05) is 19.4 Å². The first-order valence-corrected chi connectivity index (χ1v) is 11.1. The molecule has 1 fully saturated rings. The molecule has 3 heterocycles. The molecule has 1 aromatic carbocycles. The molecule has 6 nitrogen and oxygen atoms in total. The molecule has 158 valence electrons. The summed E-state index contributed by atoms with van der Waals surface area (Å²) in [4.78, 5) is 28.0. The van der Waals surface area contributed by atoms with Crippen molar-refractivity contribution in [1.29, 1.82) is 0 Å². The predicted molar refractivity (Wildman–Crippen MR) is 119 cm³/mol. The quantitative estimate of drug-likeness (QED) is 0.642. The number of benzene rings is 1. The zero-order valence-electron chi connectivity index (χ0n) is 17.8. The summed E-state index contributed by atoms with van der Waals surface area (Å²) in [6.45, 7) is 8.53. The Morgan fingerprint density at radius 3 is 2.57 bits per heavy atom. The van der Waals surface area contributed by atoms with Gasteiger partial charge in [-0.05, 0) is 23.5 Å². The highest BCUT2D eigenvalue weighted by atomic mass is 32.1. The monoisotopic (exact) mass is 424 g/mol. The molecule has 0 saturated carbocycles. The highest BCUT2D eigenvalue weighted by Crippen LogP contribution is 2.34. The van der Waals surface area contributed by atoms with Crippen LogP contribution in [0.3, 0.4) is 0 Å². The van der Waals surface area contributed by atoms with Crippen LogP contribution in [0.15, 0.2) is 36.0 Å². The Hall–Kier alpha value is -2.51. The van der Waals surface area contributed by atoms with Gasteiger partial charge in [0.1, 0.15) is 5.82 Å². The fourth-order valence-electron chi connectivity index (χ4n) is 3.94. The topological polar surface area (TPSA) is 82.1 Å². The summed E-state index contributed by atoms with van der Waals surface area (Å²) < 4.78 is 0. The third-order valence-corrected chi connectivity index (χ3v) is 6.37. The van der Waals surface area contributed by atoms with Crippen molar-refractivity contribution < 1.29 is 9.90 Å². The number of nitrogens with one attached hydrogen (secondary N) is 1. The van der Waals surface area contributed by atoms with E-state index in [2.05, 4.69) is 60.0 Å². The van der Waals surface area contributed by atoms with Crippen LogP contribution < -0.4 is 0 Å². The van der Waals surface area contributed by atoms with Crippen molar-refractivity contribution in [3.8, 4) is 21.7 Å². The number of carbonyl (C=O) groups excluding carboxylic acids is 1. The Kier molecular flexibility index (Phi) is 5.51. The van der Waals surface area contributed by atoms with Gasteiger partial charge in [-0.3, -0.25) is 4.79 Å². The van der Waals surface area contributed by atoms with Gasteiger partial charge in [0.05, 0.1) is 40.1 Å². The van der Waals surface area contributed by atoms with Crippen LogP contribution in [0.2, 0.25) is 0 Å². The molecule has 1 aliphatic heterocycles. The first-order chi connectivity index (χ1) is 14.2. The lowest BCUT2D eigenvalue weighted by molar-refractivity contribution is -0.134. The van der Waals surface area contributed by atoms with Crippen molar-refractivity contribution >= 4 is 17.2 Å². The van der Waals surface area contributed by atoms with Gasteiger partial charge in [0.25, 0.3) is 0 Å². The number of imidazole rings is 1. The average Bonchev–Trinajstić information content (AvgIpc) is 3.39. The van der Waals surface area contributed by atoms with Crippen LogP contribution in [-0.4, -0.2) is 43.5 Å². The summed E-state index contributed by atoms with van der Waals surface area (Å²) in [7, 11) is 0. The Bertz CT molecular complexity index is 1030. The standard InChI is InChI=1S/C23H28N4O2S/c1-14-21(30-13-25-14)16-7-5-15(6-8-16)18-11-24-22(26-18)19-9-17(28)12-27(19)20(29)10-23(2,3)4/h5-8,11,13,17,19,28H,9-10,12H2,1-4H3,(H,24,26)/t17-,19+/m1/s1. The molecule has 30 heavy (non-hydrogen) atoms. The van der Waals surface area contributed by atoms with Crippen LogP contribution in [-0.2, 0) is 4.79 Å². The number of rotatable bonds is 4. The van der Waals surface area contributed by atoms with Gasteiger partial charge < -0.3 is 15.0 Å². The molecule has 1 aliphatic rings. The predicted octanol–water partition coefficient (Wildman–Crippen LogP) is 4.58. The number of likely N-dealkylation sites (tertiary alicyclic amines) is 1. The summed E-state index contributed by atoms with van der Waals surface area (Å²) >= 11 is 1.64. The molecule has 4 rings (SSSR count). The summed E-state index contributed by atoms with van der Waals surface area (Å²) in [5.74, 6) is 0.789. The number of aromatic nitrogens is 3. The van der Waals surface area contributed by atoms with Crippen LogP contribution >= 0.6 is 11.3 Å². The number of aromatic amines is 1. The molecule has 2 aromatic heterocycles. The number of amides is 1. The Morgan fingerprint density at radius 1 is 1.23 bits per heavy atom. The van der Waals surface area contributed by atoms with Crippen molar-refractivity contribution in [3.05, 3.63) is 47.5 Å². The van der Waals surface area contributed by atoms with E-state index in [1.165, 1.54) is 4.88 Å². The second-order valence-electron chi connectivity index (χ2n) is 9.22. The number of nitrogens with zero attached hydrogens (tertiary/aromatic N) is 3. The maximum atomic E-state index is 12.8. The zero-order chi connectivity index (χ0) is 21.5. The molecule has 2 N–H and O–H groups in total. The van der Waals surface area contributed by atoms with Crippen LogP contribution in [0.4, 0.5) is 0 Å². The normalized spacial score (nSPS) is 19.4. The second kappa shape index (κ2) is 7.96. The summed E-state index contributed by atoms with van der Waals surface area (Å²) in [6, 6.07) is 8.10. The van der Waals surface area contributed by atoms with Crippen LogP contribution in [0.5, 0.6) is 0 Å². The number of aliphatic hydroxyl groups is 1. The molecule has 1 amide bonds. The number of aryl methyl sites for hydroxylation is 1. The minimum absolute atomic E-state index is 0.0614. The molecular formula is C23H28N4O2S. The Labute approximate surface area is 181 Å². The summed E-state index contributed by atoms with van der Waals surface area (Å²) in [5.41, 5.74) is 5.89. The maximum Gasteiger partial charge on any atom is 0.223 e. The minimum Gasteiger partial charge on any atom is -0.391 e. The highest BCUT2D eigenvalue weighted by Gasteiger charge is 2.38. The largest absolute Gasteiger partial charge is 0.391 e. The minimum atomic E-state index is -0.519. The number of hydrogen-bond donors (Lipinski definition) is 2. The van der Waals surface area contributed by atoms with Gasteiger partial charge in [0.15, 0.2) is 0 Å². The number of thiazole rings is 1. The van der Waals surface area contributed by atoms with Crippen molar-refractivity contribution in [2.75, 3.05) is 6.54 Å². The first-order valence-electron chi connectivity index (χ1n) is 10.2. The Balaban J connectivity index is 1.54. The first kappa shape index (κ1) is 20.8. The van der Waals surface area contributed by atoms with E-state index in [4.69, 9.17) is 0 Å². The summed E-state index contributed by atoms with van der Waals surface area (Å²) in [5, 5.41) is 10.2. The third-order valence-electron chi connectivity index (χ3n) is 5.40. The number of carbonyl (C=O) groups is 1. The van der Waals surface area contributed by atoms with Crippen molar-refractivity contribution in [3.63, 3.8) is 0 Å². The molecule has 3 aromatic rings. The smallest absolute Gasteiger partial charge is 0.223 e. The molecule has 0 bridgehead atoms. The van der Waals surface area contributed by atoms with Gasteiger partial charge in [-0.2, -0.15) is 0 Å². The molecule has 0 spiro atoms. The molecule has 0 radical (unpaired) electrons. The SMILES string of the molecule is Cc1ncsc1-c1ccc(-c2cnc([C@@H]3C[C@@H](O)CN3C(=O)CC(C)(C)C)[nH]2)cc1. The second-order valence-corrected chi connectivity index (χ2v) is 10.1. The molecule has 1 saturated heterocycles. The van der Waals surface area contributed by atoms with E-state index in [1.807, 2.05) is 12.4 Å². The van der Waals surface area contributed by atoms with E-state index in [-0.39, 0.29) is 17.4 Å². The number of β-amino-alcohol motifs (C(OH)–C–C–N with tert-alkyl or cyclic N) is 1.